The number of rotatable bonds is 7. The maximum absolute atomic E-state index is 12.6. The zero-order chi connectivity index (χ0) is 20.9. The molecule has 1 amide bonds. The van der Waals surface area contributed by atoms with Crippen LogP contribution in [0.1, 0.15) is 19.8 Å². The van der Waals surface area contributed by atoms with E-state index in [1.807, 2.05) is 6.92 Å². The highest BCUT2D eigenvalue weighted by Crippen LogP contribution is 2.28. The molecule has 7 nitrogen and oxygen atoms in total. The summed E-state index contributed by atoms with van der Waals surface area (Å²) in [6, 6.07) is 13.0. The topological polar surface area (TPSA) is 101 Å². The smallest absolute Gasteiger partial charge is 0.261 e. The number of carbonyl (C=O) groups excluding carboxylic acids is 1. The van der Waals surface area contributed by atoms with Gasteiger partial charge in [-0.1, -0.05) is 36.7 Å². The Morgan fingerprint density at radius 3 is 2.41 bits per heavy atom. The molecule has 29 heavy (non-hydrogen) atoms. The van der Waals surface area contributed by atoms with Crippen molar-refractivity contribution in [1.82, 2.24) is 9.97 Å². The van der Waals surface area contributed by atoms with Gasteiger partial charge in [0.25, 0.3) is 10.0 Å². The Morgan fingerprint density at radius 1 is 1.03 bits per heavy atom. The number of halogens is 1. The molecule has 1 aromatic carbocycles. The van der Waals surface area contributed by atoms with E-state index in [1.165, 1.54) is 18.3 Å². The molecule has 0 spiro atoms. The molecule has 0 radical (unpaired) electrons. The van der Waals surface area contributed by atoms with Crippen molar-refractivity contribution in [2.75, 3.05) is 10.0 Å². The van der Waals surface area contributed by atoms with Crippen molar-refractivity contribution in [3.63, 3.8) is 0 Å². The number of sulfonamides is 1. The van der Waals surface area contributed by atoms with Gasteiger partial charge in [-0.05, 0) is 36.8 Å². The zero-order valence-corrected chi connectivity index (χ0v) is 17.2. The standard InChI is InChI=1S/C20H19ClN4O3S/c1-2-6-19(26)24-18-10-9-14(12-22-18)15-11-17(20(21)23-13-15)25-29(27,28)16-7-4-3-5-8-16/h3-5,7-13,25H,2,6H2,1H3,(H,22,24,26). The van der Waals surface area contributed by atoms with Gasteiger partial charge in [0.15, 0.2) is 5.15 Å². The first-order chi connectivity index (χ1) is 13.9. The van der Waals surface area contributed by atoms with Gasteiger partial charge in [0.1, 0.15) is 5.82 Å². The van der Waals surface area contributed by atoms with Gasteiger partial charge < -0.3 is 5.32 Å². The van der Waals surface area contributed by atoms with Gasteiger partial charge in [-0.25, -0.2) is 18.4 Å². The van der Waals surface area contributed by atoms with Crippen LogP contribution in [0.25, 0.3) is 11.1 Å². The number of aromatic nitrogens is 2. The number of hydrogen-bond acceptors (Lipinski definition) is 5. The highest BCUT2D eigenvalue weighted by molar-refractivity contribution is 7.92. The minimum atomic E-state index is -3.80. The van der Waals surface area contributed by atoms with Crippen LogP contribution in [0.4, 0.5) is 11.5 Å². The maximum Gasteiger partial charge on any atom is 0.261 e. The summed E-state index contributed by atoms with van der Waals surface area (Å²) < 4.78 is 27.6. The summed E-state index contributed by atoms with van der Waals surface area (Å²) in [6.07, 6.45) is 4.27. The molecule has 0 saturated heterocycles. The lowest BCUT2D eigenvalue weighted by molar-refractivity contribution is -0.116. The highest BCUT2D eigenvalue weighted by Gasteiger charge is 2.16. The molecule has 0 aliphatic heterocycles. The molecule has 150 valence electrons. The van der Waals surface area contributed by atoms with E-state index < -0.39 is 10.0 Å². The lowest BCUT2D eigenvalue weighted by Crippen LogP contribution is -2.13. The average Bonchev–Trinajstić information content (AvgIpc) is 2.71. The van der Waals surface area contributed by atoms with E-state index >= 15 is 0 Å². The quantitative estimate of drug-likeness (QED) is 0.543. The Bertz CT molecular complexity index is 1100. The SMILES string of the molecule is CCCC(=O)Nc1ccc(-c2cnc(Cl)c(NS(=O)(=O)c3ccccc3)c2)cn1. The number of amides is 1. The van der Waals surface area contributed by atoms with Crippen molar-refractivity contribution in [2.24, 2.45) is 0 Å². The fourth-order valence-electron chi connectivity index (χ4n) is 2.55. The second-order valence-electron chi connectivity index (χ2n) is 6.21. The Balaban J connectivity index is 1.83. The van der Waals surface area contributed by atoms with E-state index in [0.717, 1.165) is 6.42 Å². The fraction of sp³-hybridized carbons (Fsp3) is 0.150. The van der Waals surface area contributed by atoms with E-state index in [4.69, 9.17) is 11.6 Å². The van der Waals surface area contributed by atoms with Gasteiger partial charge >= 0.3 is 0 Å². The summed E-state index contributed by atoms with van der Waals surface area (Å²) in [5, 5.41) is 2.74. The summed E-state index contributed by atoms with van der Waals surface area (Å²) in [4.78, 5) is 20.1. The number of hydrogen-bond donors (Lipinski definition) is 2. The van der Waals surface area contributed by atoms with Gasteiger partial charge in [-0.15, -0.1) is 0 Å². The maximum atomic E-state index is 12.6. The number of benzene rings is 1. The van der Waals surface area contributed by atoms with Crippen LogP contribution in [-0.4, -0.2) is 24.3 Å². The van der Waals surface area contributed by atoms with Crippen molar-refractivity contribution in [3.8, 4) is 11.1 Å². The Morgan fingerprint density at radius 2 is 1.76 bits per heavy atom. The minimum absolute atomic E-state index is 0.0321. The van der Waals surface area contributed by atoms with Crippen molar-refractivity contribution in [2.45, 2.75) is 24.7 Å². The molecule has 3 aromatic rings. The number of anilines is 2. The monoisotopic (exact) mass is 430 g/mol. The third kappa shape index (κ3) is 5.30. The van der Waals surface area contributed by atoms with Crippen LogP contribution in [0.5, 0.6) is 0 Å². The predicted octanol–water partition coefficient (Wildman–Crippen LogP) is 4.34. The van der Waals surface area contributed by atoms with Crippen molar-refractivity contribution < 1.29 is 13.2 Å². The first-order valence-electron chi connectivity index (χ1n) is 8.89. The van der Waals surface area contributed by atoms with Crippen LogP contribution in [0.3, 0.4) is 0 Å². The molecule has 0 aliphatic carbocycles. The van der Waals surface area contributed by atoms with Crippen molar-refractivity contribution in [1.29, 1.82) is 0 Å². The predicted molar refractivity (Wildman–Crippen MR) is 113 cm³/mol. The number of nitrogens with zero attached hydrogens (tertiary/aromatic N) is 2. The third-order valence-corrected chi connectivity index (χ3v) is 5.66. The lowest BCUT2D eigenvalue weighted by Gasteiger charge is -2.11. The number of pyridine rings is 2. The molecule has 0 saturated carbocycles. The van der Waals surface area contributed by atoms with E-state index in [-0.39, 0.29) is 21.6 Å². The summed E-state index contributed by atoms with van der Waals surface area (Å²) in [7, 11) is -3.80. The Labute approximate surface area is 174 Å². The summed E-state index contributed by atoms with van der Waals surface area (Å²) >= 11 is 6.09. The number of nitrogens with one attached hydrogen (secondary N) is 2. The fourth-order valence-corrected chi connectivity index (χ4v) is 3.84. The van der Waals surface area contributed by atoms with E-state index in [1.54, 1.807) is 42.6 Å². The highest BCUT2D eigenvalue weighted by atomic mass is 35.5. The molecule has 2 aromatic heterocycles. The molecule has 3 rings (SSSR count). The minimum Gasteiger partial charge on any atom is -0.311 e. The number of carbonyl (C=O) groups is 1. The second kappa shape index (κ2) is 9.02. The zero-order valence-electron chi connectivity index (χ0n) is 15.6. The molecule has 0 aliphatic rings. The van der Waals surface area contributed by atoms with Crippen LogP contribution in [0, 0.1) is 0 Å². The summed E-state index contributed by atoms with van der Waals surface area (Å²) in [6.45, 7) is 1.92. The molecule has 0 atom stereocenters. The first-order valence-corrected chi connectivity index (χ1v) is 10.7. The van der Waals surface area contributed by atoms with Crippen LogP contribution in [0.15, 0.2) is 65.8 Å². The molecular weight excluding hydrogens is 412 g/mol. The Hall–Kier alpha value is -2.97. The van der Waals surface area contributed by atoms with Crippen LogP contribution >= 0.6 is 11.6 Å². The molecule has 0 unspecified atom stereocenters. The molecule has 0 fully saturated rings. The molecule has 2 N–H and O–H groups in total. The van der Waals surface area contributed by atoms with E-state index in [9.17, 15) is 13.2 Å². The second-order valence-corrected chi connectivity index (χ2v) is 8.25. The largest absolute Gasteiger partial charge is 0.311 e. The van der Waals surface area contributed by atoms with Crippen molar-refractivity contribution in [3.05, 3.63) is 66.1 Å². The lowest BCUT2D eigenvalue weighted by atomic mass is 10.1. The Kier molecular flexibility index (Phi) is 6.46. The average molecular weight is 431 g/mol. The molecule has 0 bridgehead atoms. The van der Waals surface area contributed by atoms with Gasteiger partial charge in [0.05, 0.1) is 10.6 Å². The first kappa shape index (κ1) is 20.8. The van der Waals surface area contributed by atoms with Crippen LogP contribution in [-0.2, 0) is 14.8 Å². The van der Waals surface area contributed by atoms with E-state index in [0.29, 0.717) is 23.4 Å². The van der Waals surface area contributed by atoms with Gasteiger partial charge in [-0.2, -0.15) is 0 Å². The van der Waals surface area contributed by atoms with Crippen LogP contribution < -0.4 is 10.0 Å². The molecule has 2 heterocycles. The van der Waals surface area contributed by atoms with Crippen LogP contribution in [0.2, 0.25) is 5.15 Å². The molecule has 9 heteroatoms. The van der Waals surface area contributed by atoms with Crippen molar-refractivity contribution >= 4 is 39.0 Å². The molecular formula is C20H19ClN4O3S. The van der Waals surface area contributed by atoms with Gasteiger partial charge in [-0.3, -0.25) is 9.52 Å². The van der Waals surface area contributed by atoms with Gasteiger partial charge in [0, 0.05) is 29.9 Å². The third-order valence-electron chi connectivity index (χ3n) is 3.98. The summed E-state index contributed by atoms with van der Waals surface area (Å²) in [5.74, 6) is 0.345. The summed E-state index contributed by atoms with van der Waals surface area (Å²) in [5.41, 5.74) is 1.48. The van der Waals surface area contributed by atoms with E-state index in [2.05, 4.69) is 20.0 Å². The van der Waals surface area contributed by atoms with Gasteiger partial charge in [0.2, 0.25) is 5.91 Å². The normalized spacial score (nSPS) is 11.1.